The largest absolute Gasteiger partial charge is 0.496 e. The van der Waals surface area contributed by atoms with E-state index < -0.39 is 17.6 Å². The predicted molar refractivity (Wildman–Crippen MR) is 63.4 cm³/mol. The molecule has 0 fully saturated rings. The van der Waals surface area contributed by atoms with E-state index in [0.29, 0.717) is 0 Å². The molecule has 19 heavy (non-hydrogen) atoms. The smallest absolute Gasteiger partial charge is 0.416 e. The second-order valence-corrected chi connectivity index (χ2v) is 3.89. The number of halogens is 4. The van der Waals surface area contributed by atoms with E-state index in [1.165, 1.54) is 31.4 Å². The first-order valence-electron chi connectivity index (χ1n) is 5.43. The maximum Gasteiger partial charge on any atom is 0.416 e. The predicted octanol–water partition coefficient (Wildman–Crippen LogP) is 4.52. The molecule has 0 saturated carbocycles. The monoisotopic (exact) mass is 270 g/mol. The molecule has 5 heteroatoms. The second-order valence-electron chi connectivity index (χ2n) is 3.89. The fraction of sp³-hybridized carbons (Fsp3) is 0.143. The van der Waals surface area contributed by atoms with E-state index in [9.17, 15) is 17.6 Å². The summed E-state index contributed by atoms with van der Waals surface area (Å²) >= 11 is 0. The SMILES string of the molecule is COc1cc(C(F)(F)F)ccc1-c1ccccc1F. The van der Waals surface area contributed by atoms with Gasteiger partial charge in [-0.05, 0) is 24.3 Å². The van der Waals surface area contributed by atoms with Crippen LogP contribution in [-0.4, -0.2) is 7.11 Å². The number of rotatable bonds is 2. The zero-order valence-electron chi connectivity index (χ0n) is 9.96. The van der Waals surface area contributed by atoms with Gasteiger partial charge in [0.1, 0.15) is 11.6 Å². The Bertz CT molecular complexity index is 590. The summed E-state index contributed by atoms with van der Waals surface area (Å²) in [5, 5.41) is 0. The van der Waals surface area contributed by atoms with Crippen LogP contribution in [0, 0.1) is 5.82 Å². The van der Waals surface area contributed by atoms with Crippen LogP contribution in [0.25, 0.3) is 11.1 Å². The highest BCUT2D eigenvalue weighted by Crippen LogP contribution is 2.37. The lowest BCUT2D eigenvalue weighted by Crippen LogP contribution is -2.05. The van der Waals surface area contributed by atoms with Crippen LogP contribution in [0.4, 0.5) is 17.6 Å². The first-order chi connectivity index (χ1) is 8.93. The number of ether oxygens (including phenoxy) is 1. The molecule has 2 rings (SSSR count). The third-order valence-electron chi connectivity index (χ3n) is 2.69. The van der Waals surface area contributed by atoms with Crippen molar-refractivity contribution in [3.63, 3.8) is 0 Å². The van der Waals surface area contributed by atoms with Gasteiger partial charge in [-0.2, -0.15) is 13.2 Å². The lowest BCUT2D eigenvalue weighted by atomic mass is 10.0. The summed E-state index contributed by atoms with van der Waals surface area (Å²) in [6, 6.07) is 8.82. The zero-order chi connectivity index (χ0) is 14.0. The Morgan fingerprint density at radius 3 is 2.21 bits per heavy atom. The fourth-order valence-electron chi connectivity index (χ4n) is 1.77. The van der Waals surface area contributed by atoms with Gasteiger partial charge in [-0.15, -0.1) is 0 Å². The maximum absolute atomic E-state index is 13.6. The molecule has 1 nitrogen and oxygen atoms in total. The van der Waals surface area contributed by atoms with Crippen molar-refractivity contribution < 1.29 is 22.3 Å². The molecule has 0 radical (unpaired) electrons. The molecule has 0 heterocycles. The molecule has 0 atom stereocenters. The molecule has 0 aliphatic heterocycles. The van der Waals surface area contributed by atoms with Crippen molar-refractivity contribution in [3.8, 4) is 16.9 Å². The van der Waals surface area contributed by atoms with E-state index in [1.54, 1.807) is 6.07 Å². The molecule has 0 saturated heterocycles. The van der Waals surface area contributed by atoms with E-state index in [2.05, 4.69) is 0 Å². The summed E-state index contributed by atoms with van der Waals surface area (Å²) in [6.45, 7) is 0. The third-order valence-corrected chi connectivity index (χ3v) is 2.69. The van der Waals surface area contributed by atoms with E-state index in [4.69, 9.17) is 4.74 Å². The summed E-state index contributed by atoms with van der Waals surface area (Å²) in [6.07, 6.45) is -4.46. The molecule has 0 spiro atoms. The average molecular weight is 270 g/mol. The summed E-state index contributed by atoms with van der Waals surface area (Å²) in [7, 11) is 1.25. The summed E-state index contributed by atoms with van der Waals surface area (Å²) in [5.41, 5.74) is -0.342. The molecule has 0 aromatic heterocycles. The average Bonchev–Trinajstić information content (AvgIpc) is 2.37. The van der Waals surface area contributed by atoms with Crippen molar-refractivity contribution in [2.24, 2.45) is 0 Å². The van der Waals surface area contributed by atoms with Crippen LogP contribution in [0.3, 0.4) is 0 Å². The van der Waals surface area contributed by atoms with Crippen LogP contribution in [0.5, 0.6) is 5.75 Å². The molecular weight excluding hydrogens is 260 g/mol. The van der Waals surface area contributed by atoms with Crippen molar-refractivity contribution in [1.29, 1.82) is 0 Å². The Kier molecular flexibility index (Phi) is 3.46. The molecule has 0 bridgehead atoms. The Balaban J connectivity index is 2.57. The summed E-state index contributed by atoms with van der Waals surface area (Å²) < 4.78 is 56.3. The molecule has 100 valence electrons. The molecule has 0 unspecified atom stereocenters. The number of hydrogen-bond donors (Lipinski definition) is 0. The summed E-state index contributed by atoms with van der Waals surface area (Å²) in [4.78, 5) is 0. The van der Waals surface area contributed by atoms with Crippen LogP contribution in [-0.2, 0) is 6.18 Å². The minimum absolute atomic E-state index is 0.0140. The van der Waals surface area contributed by atoms with E-state index in [1.807, 2.05) is 0 Å². The lowest BCUT2D eigenvalue weighted by molar-refractivity contribution is -0.137. The number of benzene rings is 2. The van der Waals surface area contributed by atoms with Gasteiger partial charge in [-0.25, -0.2) is 4.39 Å². The van der Waals surface area contributed by atoms with Gasteiger partial charge in [0.2, 0.25) is 0 Å². The first kappa shape index (κ1) is 13.4. The van der Waals surface area contributed by atoms with E-state index >= 15 is 0 Å². The Morgan fingerprint density at radius 1 is 0.947 bits per heavy atom. The normalized spacial score (nSPS) is 11.4. The van der Waals surface area contributed by atoms with Gasteiger partial charge in [0.05, 0.1) is 12.7 Å². The molecule has 0 amide bonds. The number of methoxy groups -OCH3 is 1. The van der Waals surface area contributed by atoms with Crippen LogP contribution < -0.4 is 4.74 Å². The van der Waals surface area contributed by atoms with Crippen molar-refractivity contribution in [1.82, 2.24) is 0 Å². The highest BCUT2D eigenvalue weighted by Gasteiger charge is 2.31. The van der Waals surface area contributed by atoms with E-state index in [0.717, 1.165) is 12.1 Å². The van der Waals surface area contributed by atoms with Crippen molar-refractivity contribution >= 4 is 0 Å². The Morgan fingerprint density at radius 2 is 1.63 bits per heavy atom. The van der Waals surface area contributed by atoms with Gasteiger partial charge in [-0.1, -0.05) is 18.2 Å². The molecule has 2 aromatic rings. The topological polar surface area (TPSA) is 9.23 Å². The second kappa shape index (κ2) is 4.91. The molecule has 0 aliphatic carbocycles. The number of hydrogen-bond acceptors (Lipinski definition) is 1. The first-order valence-corrected chi connectivity index (χ1v) is 5.43. The van der Waals surface area contributed by atoms with Crippen molar-refractivity contribution in [3.05, 3.63) is 53.8 Å². The van der Waals surface area contributed by atoms with Crippen LogP contribution in [0.15, 0.2) is 42.5 Å². The van der Waals surface area contributed by atoms with Crippen LogP contribution in [0.1, 0.15) is 5.56 Å². The molecule has 0 N–H and O–H groups in total. The minimum Gasteiger partial charge on any atom is -0.496 e. The highest BCUT2D eigenvalue weighted by atomic mass is 19.4. The molecule has 0 aliphatic rings. The van der Waals surface area contributed by atoms with Crippen molar-refractivity contribution in [2.75, 3.05) is 7.11 Å². The lowest BCUT2D eigenvalue weighted by Gasteiger charge is -2.13. The molecule has 2 aromatic carbocycles. The van der Waals surface area contributed by atoms with Gasteiger partial charge in [0, 0.05) is 11.1 Å². The maximum atomic E-state index is 13.6. The van der Waals surface area contributed by atoms with Crippen LogP contribution in [0.2, 0.25) is 0 Å². The Hall–Kier alpha value is -2.04. The quantitative estimate of drug-likeness (QED) is 0.729. The zero-order valence-corrected chi connectivity index (χ0v) is 9.96. The standard InChI is InChI=1S/C14H10F4O/c1-19-13-8-9(14(16,17)18)6-7-11(13)10-4-2-3-5-12(10)15/h2-8H,1H3. The molecular formula is C14H10F4O. The van der Waals surface area contributed by atoms with Gasteiger partial charge in [0.25, 0.3) is 0 Å². The third kappa shape index (κ3) is 2.70. The van der Waals surface area contributed by atoms with Gasteiger partial charge in [-0.3, -0.25) is 0 Å². The van der Waals surface area contributed by atoms with Crippen LogP contribution >= 0.6 is 0 Å². The Labute approximate surface area is 107 Å². The summed E-state index contributed by atoms with van der Waals surface area (Å²) in [5.74, 6) is -0.527. The highest BCUT2D eigenvalue weighted by molar-refractivity contribution is 5.71. The minimum atomic E-state index is -4.46. The van der Waals surface area contributed by atoms with Crippen molar-refractivity contribution in [2.45, 2.75) is 6.18 Å². The fourth-order valence-corrected chi connectivity index (χ4v) is 1.77. The van der Waals surface area contributed by atoms with Gasteiger partial charge < -0.3 is 4.74 Å². The van der Waals surface area contributed by atoms with Gasteiger partial charge in [0.15, 0.2) is 0 Å². The number of alkyl halides is 3. The van der Waals surface area contributed by atoms with Gasteiger partial charge >= 0.3 is 6.18 Å². The van der Waals surface area contributed by atoms with E-state index in [-0.39, 0.29) is 16.9 Å².